The summed E-state index contributed by atoms with van der Waals surface area (Å²) in [7, 11) is 0. The van der Waals surface area contributed by atoms with Gasteiger partial charge in [0.25, 0.3) is 0 Å². The van der Waals surface area contributed by atoms with Crippen LogP contribution >= 0.6 is 0 Å². The molecule has 0 aliphatic carbocycles. The van der Waals surface area contributed by atoms with Crippen LogP contribution in [-0.2, 0) is 28.6 Å². The second-order valence-corrected chi connectivity index (χ2v) is 23.5. The van der Waals surface area contributed by atoms with Gasteiger partial charge in [-0.1, -0.05) is 361 Å². The molecule has 0 saturated heterocycles. The van der Waals surface area contributed by atoms with E-state index in [0.717, 1.165) is 57.8 Å². The highest BCUT2D eigenvalue weighted by Gasteiger charge is 2.19. The summed E-state index contributed by atoms with van der Waals surface area (Å²) in [5.41, 5.74) is 0. The molecule has 0 aliphatic rings. The molecule has 0 heterocycles. The van der Waals surface area contributed by atoms with E-state index in [1.807, 2.05) is 0 Å². The van der Waals surface area contributed by atoms with E-state index in [-0.39, 0.29) is 31.1 Å². The number of rotatable bonds is 64. The molecular formula is C68H132O6. The van der Waals surface area contributed by atoms with Gasteiger partial charge < -0.3 is 14.2 Å². The summed E-state index contributed by atoms with van der Waals surface area (Å²) in [4.78, 5) is 38.2. The van der Waals surface area contributed by atoms with Gasteiger partial charge in [-0.25, -0.2) is 0 Å². The third-order valence-electron chi connectivity index (χ3n) is 15.9. The van der Waals surface area contributed by atoms with Gasteiger partial charge in [-0.15, -0.1) is 0 Å². The van der Waals surface area contributed by atoms with Crippen molar-refractivity contribution in [2.24, 2.45) is 0 Å². The molecular weight excluding hydrogens is 913 g/mol. The highest BCUT2D eigenvalue weighted by molar-refractivity contribution is 5.71. The van der Waals surface area contributed by atoms with Gasteiger partial charge in [-0.2, -0.15) is 0 Å². The van der Waals surface area contributed by atoms with Crippen molar-refractivity contribution in [2.75, 3.05) is 13.2 Å². The lowest BCUT2D eigenvalue weighted by atomic mass is 10.0. The second-order valence-electron chi connectivity index (χ2n) is 23.5. The third-order valence-corrected chi connectivity index (χ3v) is 15.9. The Morgan fingerprint density at radius 3 is 0.541 bits per heavy atom. The van der Waals surface area contributed by atoms with Crippen LogP contribution in [0.2, 0.25) is 0 Å². The smallest absolute Gasteiger partial charge is 0.306 e. The molecule has 440 valence electrons. The fourth-order valence-corrected chi connectivity index (χ4v) is 10.7. The Morgan fingerprint density at radius 2 is 0.365 bits per heavy atom. The molecule has 0 aromatic carbocycles. The van der Waals surface area contributed by atoms with Crippen LogP contribution in [-0.4, -0.2) is 37.2 Å². The van der Waals surface area contributed by atoms with Crippen molar-refractivity contribution >= 4 is 17.9 Å². The van der Waals surface area contributed by atoms with Crippen molar-refractivity contribution in [3.05, 3.63) is 0 Å². The summed E-state index contributed by atoms with van der Waals surface area (Å²) in [6.45, 7) is 6.71. The Bertz CT molecular complexity index is 1110. The van der Waals surface area contributed by atoms with E-state index in [2.05, 4.69) is 20.8 Å². The van der Waals surface area contributed by atoms with Crippen molar-refractivity contribution < 1.29 is 28.6 Å². The van der Waals surface area contributed by atoms with E-state index >= 15 is 0 Å². The molecule has 0 rings (SSSR count). The first kappa shape index (κ1) is 72.4. The van der Waals surface area contributed by atoms with Gasteiger partial charge in [-0.05, 0) is 19.3 Å². The molecule has 6 nitrogen and oxygen atoms in total. The normalized spacial score (nSPS) is 11.9. The third kappa shape index (κ3) is 61.3. The number of unbranched alkanes of at least 4 members (excludes halogenated alkanes) is 53. The molecule has 0 aromatic rings. The van der Waals surface area contributed by atoms with Crippen LogP contribution in [0, 0.1) is 0 Å². The largest absolute Gasteiger partial charge is 0.462 e. The Morgan fingerprint density at radius 1 is 0.216 bits per heavy atom. The summed E-state index contributed by atoms with van der Waals surface area (Å²) in [5.74, 6) is -0.831. The number of carbonyl (C=O) groups is 3. The Hall–Kier alpha value is -1.59. The summed E-state index contributed by atoms with van der Waals surface area (Å²) in [6, 6.07) is 0. The molecule has 0 radical (unpaired) electrons. The molecule has 0 saturated carbocycles. The van der Waals surface area contributed by atoms with Gasteiger partial charge in [0, 0.05) is 19.3 Å². The maximum absolute atomic E-state index is 12.9. The van der Waals surface area contributed by atoms with Gasteiger partial charge in [-0.3, -0.25) is 14.4 Å². The first-order valence-electron chi connectivity index (χ1n) is 34.0. The molecule has 1 unspecified atom stereocenters. The van der Waals surface area contributed by atoms with Crippen LogP contribution in [0.4, 0.5) is 0 Å². The molecule has 0 fully saturated rings. The van der Waals surface area contributed by atoms with Gasteiger partial charge >= 0.3 is 17.9 Å². The molecule has 6 heteroatoms. The molecule has 0 aliphatic heterocycles. The van der Waals surface area contributed by atoms with Crippen molar-refractivity contribution in [1.29, 1.82) is 0 Å². The average Bonchev–Trinajstić information content (AvgIpc) is 3.40. The minimum absolute atomic E-state index is 0.0610. The van der Waals surface area contributed by atoms with E-state index in [1.165, 1.54) is 302 Å². The molecule has 0 aromatic heterocycles. The summed E-state index contributed by atoms with van der Waals surface area (Å²) < 4.78 is 16.9. The average molecular weight is 1050 g/mol. The quantitative estimate of drug-likeness (QED) is 0.0343. The SMILES string of the molecule is CCCCCCCCCCCCCCCCCCCCCCCCCCCCCCCCCCC(=O)OCC(COC(=O)CCCCCCCCCCCC)OC(=O)CCCCCCCCCCCCCCCC. The second kappa shape index (κ2) is 63.9. The number of hydrogen-bond acceptors (Lipinski definition) is 6. The van der Waals surface area contributed by atoms with Gasteiger partial charge in [0.1, 0.15) is 13.2 Å². The van der Waals surface area contributed by atoms with Crippen LogP contribution in [0.3, 0.4) is 0 Å². The predicted octanol–water partition coefficient (Wildman–Crippen LogP) is 23.1. The van der Waals surface area contributed by atoms with Gasteiger partial charge in [0.05, 0.1) is 0 Å². The van der Waals surface area contributed by atoms with E-state index in [4.69, 9.17) is 14.2 Å². The summed E-state index contributed by atoms with van der Waals surface area (Å²) in [5, 5.41) is 0. The highest BCUT2D eigenvalue weighted by Crippen LogP contribution is 2.19. The number of carbonyl (C=O) groups excluding carboxylic acids is 3. The van der Waals surface area contributed by atoms with Crippen LogP contribution < -0.4 is 0 Å². The van der Waals surface area contributed by atoms with E-state index < -0.39 is 6.10 Å². The summed E-state index contributed by atoms with van der Waals surface area (Å²) in [6.07, 6.45) is 74.4. The topological polar surface area (TPSA) is 78.9 Å². The molecule has 0 N–H and O–H groups in total. The van der Waals surface area contributed by atoms with E-state index in [0.29, 0.717) is 19.3 Å². The Labute approximate surface area is 463 Å². The molecule has 1 atom stereocenters. The van der Waals surface area contributed by atoms with Crippen molar-refractivity contribution in [3.63, 3.8) is 0 Å². The van der Waals surface area contributed by atoms with Gasteiger partial charge in [0.2, 0.25) is 0 Å². The van der Waals surface area contributed by atoms with Crippen molar-refractivity contribution in [2.45, 2.75) is 406 Å². The molecule has 74 heavy (non-hydrogen) atoms. The first-order valence-corrected chi connectivity index (χ1v) is 34.0. The number of esters is 3. The van der Waals surface area contributed by atoms with E-state index in [9.17, 15) is 14.4 Å². The lowest BCUT2D eigenvalue weighted by Gasteiger charge is -2.18. The van der Waals surface area contributed by atoms with Crippen LogP contribution in [0.1, 0.15) is 400 Å². The van der Waals surface area contributed by atoms with Crippen LogP contribution in [0.25, 0.3) is 0 Å². The maximum atomic E-state index is 12.9. The zero-order chi connectivity index (χ0) is 53.6. The number of hydrogen-bond donors (Lipinski definition) is 0. The lowest BCUT2D eigenvalue weighted by molar-refractivity contribution is -0.167. The zero-order valence-electron chi connectivity index (χ0n) is 50.7. The van der Waals surface area contributed by atoms with Crippen LogP contribution in [0.5, 0.6) is 0 Å². The fourth-order valence-electron chi connectivity index (χ4n) is 10.7. The number of ether oxygens (including phenoxy) is 3. The first-order chi connectivity index (χ1) is 36.5. The fraction of sp³-hybridized carbons (Fsp3) is 0.956. The zero-order valence-corrected chi connectivity index (χ0v) is 50.7. The van der Waals surface area contributed by atoms with Gasteiger partial charge in [0.15, 0.2) is 6.10 Å². The standard InChI is InChI=1S/C68H132O6/c1-4-7-10-13-16-19-22-24-26-27-28-29-30-31-32-33-34-35-36-37-38-39-40-41-42-43-45-46-49-52-55-58-61-67(70)73-64-65(63-72-66(69)60-57-54-51-48-21-18-15-12-9-6-3)74-68(71)62-59-56-53-50-47-44-25-23-20-17-14-11-8-5-2/h65H,4-64H2,1-3H3. The molecule has 0 amide bonds. The Kier molecular flexibility index (Phi) is 62.6. The Balaban J connectivity index is 3.98. The monoisotopic (exact) mass is 1050 g/mol. The maximum Gasteiger partial charge on any atom is 0.306 e. The minimum Gasteiger partial charge on any atom is -0.462 e. The summed E-state index contributed by atoms with van der Waals surface area (Å²) >= 11 is 0. The minimum atomic E-state index is -0.761. The highest BCUT2D eigenvalue weighted by atomic mass is 16.6. The molecule has 0 bridgehead atoms. The molecule has 0 spiro atoms. The van der Waals surface area contributed by atoms with E-state index in [1.54, 1.807) is 0 Å². The van der Waals surface area contributed by atoms with Crippen LogP contribution in [0.15, 0.2) is 0 Å². The predicted molar refractivity (Wildman–Crippen MR) is 321 cm³/mol. The van der Waals surface area contributed by atoms with Crippen molar-refractivity contribution in [3.8, 4) is 0 Å². The lowest BCUT2D eigenvalue weighted by Crippen LogP contribution is -2.30. The van der Waals surface area contributed by atoms with Crippen molar-refractivity contribution in [1.82, 2.24) is 0 Å².